The molecule has 3 rings (SSSR count). The summed E-state index contributed by atoms with van der Waals surface area (Å²) in [7, 11) is 0. The van der Waals surface area contributed by atoms with Crippen LogP contribution < -0.4 is 10.1 Å². The molecule has 0 saturated carbocycles. The van der Waals surface area contributed by atoms with Crippen LogP contribution in [0.3, 0.4) is 0 Å². The van der Waals surface area contributed by atoms with E-state index < -0.39 is 0 Å². The van der Waals surface area contributed by atoms with Gasteiger partial charge in [0.2, 0.25) is 5.91 Å². The molecule has 0 radical (unpaired) electrons. The third-order valence-corrected chi connectivity index (χ3v) is 3.73. The zero-order chi connectivity index (χ0) is 16.1. The summed E-state index contributed by atoms with van der Waals surface area (Å²) < 4.78 is 5.47. The average Bonchev–Trinajstić information content (AvgIpc) is 2.97. The molecule has 0 fully saturated rings. The summed E-state index contributed by atoms with van der Waals surface area (Å²) >= 11 is 0. The highest BCUT2D eigenvalue weighted by molar-refractivity contribution is 5.88. The number of aromatic amines is 1. The summed E-state index contributed by atoms with van der Waals surface area (Å²) in [5.74, 6) is 0.840. The number of fused-ring (bicyclic) bond motifs is 1. The van der Waals surface area contributed by atoms with Gasteiger partial charge in [-0.15, -0.1) is 0 Å². The fourth-order valence-corrected chi connectivity index (χ4v) is 2.63. The van der Waals surface area contributed by atoms with Crippen LogP contribution in [-0.4, -0.2) is 17.5 Å². The van der Waals surface area contributed by atoms with E-state index in [1.165, 1.54) is 0 Å². The summed E-state index contributed by atoms with van der Waals surface area (Å²) in [6.45, 7) is 3.09. The number of benzene rings is 2. The predicted octanol–water partition coefficient (Wildman–Crippen LogP) is 3.43. The largest absolute Gasteiger partial charge is 0.494 e. The second-order valence-corrected chi connectivity index (χ2v) is 5.39. The molecule has 0 atom stereocenters. The van der Waals surface area contributed by atoms with Gasteiger partial charge in [-0.25, -0.2) is 0 Å². The summed E-state index contributed by atoms with van der Waals surface area (Å²) in [6, 6.07) is 15.8. The van der Waals surface area contributed by atoms with Gasteiger partial charge in [0.05, 0.1) is 13.0 Å². The summed E-state index contributed by atoms with van der Waals surface area (Å²) in [5.41, 5.74) is 3.10. The maximum absolute atomic E-state index is 12.2. The van der Waals surface area contributed by atoms with Gasteiger partial charge in [-0.3, -0.25) is 4.79 Å². The van der Waals surface area contributed by atoms with Crippen LogP contribution in [0.2, 0.25) is 0 Å². The summed E-state index contributed by atoms with van der Waals surface area (Å²) in [4.78, 5) is 15.4. The molecule has 0 aliphatic carbocycles. The lowest BCUT2D eigenvalue weighted by Gasteiger charge is -2.08. The van der Waals surface area contributed by atoms with Crippen molar-refractivity contribution in [3.8, 4) is 5.75 Å². The first-order chi connectivity index (χ1) is 11.3. The highest BCUT2D eigenvalue weighted by Gasteiger charge is 2.08. The highest BCUT2D eigenvalue weighted by Crippen LogP contribution is 2.18. The lowest BCUT2D eigenvalue weighted by atomic mass is 10.1. The molecule has 0 unspecified atom stereocenters. The number of rotatable bonds is 6. The van der Waals surface area contributed by atoms with Crippen molar-refractivity contribution in [3.63, 3.8) is 0 Å². The SMILES string of the molecule is CCOc1cccc(CNC(=O)Cc2c[nH]c3ccccc23)c1. The van der Waals surface area contributed by atoms with E-state index in [0.29, 0.717) is 19.6 Å². The molecule has 3 aromatic rings. The number of carbonyl (C=O) groups excluding carboxylic acids is 1. The van der Waals surface area contributed by atoms with Crippen LogP contribution in [0.5, 0.6) is 5.75 Å². The molecule has 2 aromatic carbocycles. The lowest BCUT2D eigenvalue weighted by molar-refractivity contribution is -0.120. The molecule has 1 aromatic heterocycles. The van der Waals surface area contributed by atoms with Gasteiger partial charge in [0.25, 0.3) is 0 Å². The Morgan fingerprint density at radius 1 is 1.17 bits per heavy atom. The molecule has 0 bridgehead atoms. The summed E-state index contributed by atoms with van der Waals surface area (Å²) in [6.07, 6.45) is 2.27. The maximum Gasteiger partial charge on any atom is 0.224 e. The van der Waals surface area contributed by atoms with Gasteiger partial charge in [0, 0.05) is 23.6 Å². The average molecular weight is 308 g/mol. The molecule has 1 amide bonds. The minimum atomic E-state index is 0.0107. The first-order valence-corrected chi connectivity index (χ1v) is 7.79. The predicted molar refractivity (Wildman–Crippen MR) is 91.5 cm³/mol. The van der Waals surface area contributed by atoms with E-state index in [1.54, 1.807) is 0 Å². The van der Waals surface area contributed by atoms with Crippen molar-refractivity contribution in [1.82, 2.24) is 10.3 Å². The molecule has 0 saturated heterocycles. The van der Waals surface area contributed by atoms with Crippen molar-refractivity contribution in [3.05, 3.63) is 65.9 Å². The van der Waals surface area contributed by atoms with Gasteiger partial charge in [-0.2, -0.15) is 0 Å². The van der Waals surface area contributed by atoms with Gasteiger partial charge in [0.15, 0.2) is 0 Å². The van der Waals surface area contributed by atoms with Gasteiger partial charge in [0.1, 0.15) is 5.75 Å². The fraction of sp³-hybridized carbons (Fsp3) is 0.211. The van der Waals surface area contributed by atoms with E-state index in [9.17, 15) is 4.79 Å². The number of hydrogen-bond donors (Lipinski definition) is 2. The number of aromatic nitrogens is 1. The van der Waals surface area contributed by atoms with Crippen molar-refractivity contribution in [1.29, 1.82) is 0 Å². The number of amides is 1. The molecular weight excluding hydrogens is 288 g/mol. The third kappa shape index (κ3) is 3.72. The highest BCUT2D eigenvalue weighted by atomic mass is 16.5. The van der Waals surface area contributed by atoms with Crippen molar-refractivity contribution in [2.75, 3.05) is 6.61 Å². The van der Waals surface area contributed by atoms with Crippen LogP contribution in [0.4, 0.5) is 0 Å². The van der Waals surface area contributed by atoms with E-state index in [0.717, 1.165) is 27.8 Å². The zero-order valence-electron chi connectivity index (χ0n) is 13.1. The Labute approximate surface area is 135 Å². The molecule has 0 aliphatic heterocycles. The van der Waals surface area contributed by atoms with Gasteiger partial charge in [-0.1, -0.05) is 30.3 Å². The maximum atomic E-state index is 12.2. The Hall–Kier alpha value is -2.75. The first-order valence-electron chi connectivity index (χ1n) is 7.79. The van der Waals surface area contributed by atoms with Crippen LogP contribution >= 0.6 is 0 Å². The Balaban J connectivity index is 1.60. The molecule has 2 N–H and O–H groups in total. The second kappa shape index (κ2) is 7.01. The number of ether oxygens (including phenoxy) is 1. The van der Waals surface area contributed by atoms with Crippen LogP contribution in [0.15, 0.2) is 54.7 Å². The number of hydrogen-bond acceptors (Lipinski definition) is 2. The monoisotopic (exact) mass is 308 g/mol. The number of H-pyrrole nitrogens is 1. The van der Waals surface area contributed by atoms with Gasteiger partial charge >= 0.3 is 0 Å². The molecule has 4 nitrogen and oxygen atoms in total. The molecule has 118 valence electrons. The number of para-hydroxylation sites is 1. The van der Waals surface area contributed by atoms with E-state index in [1.807, 2.05) is 61.7 Å². The van der Waals surface area contributed by atoms with Gasteiger partial charge < -0.3 is 15.0 Å². The van der Waals surface area contributed by atoms with Gasteiger partial charge in [-0.05, 0) is 36.2 Å². The normalized spacial score (nSPS) is 10.7. The van der Waals surface area contributed by atoms with E-state index in [-0.39, 0.29) is 5.91 Å². The molecular formula is C19H20N2O2. The fourth-order valence-electron chi connectivity index (χ4n) is 2.63. The first kappa shape index (κ1) is 15.2. The van der Waals surface area contributed by atoms with Crippen LogP contribution in [0, 0.1) is 0 Å². The third-order valence-electron chi connectivity index (χ3n) is 3.73. The minimum absolute atomic E-state index is 0.0107. The zero-order valence-corrected chi connectivity index (χ0v) is 13.1. The van der Waals surface area contributed by atoms with Crippen molar-refractivity contribution in [2.45, 2.75) is 19.9 Å². The lowest BCUT2D eigenvalue weighted by Crippen LogP contribution is -2.24. The Bertz CT molecular complexity index is 808. The molecule has 1 heterocycles. The number of nitrogens with one attached hydrogen (secondary N) is 2. The second-order valence-electron chi connectivity index (χ2n) is 5.39. The molecule has 23 heavy (non-hydrogen) atoms. The minimum Gasteiger partial charge on any atom is -0.494 e. The van der Waals surface area contributed by atoms with Crippen molar-refractivity contribution >= 4 is 16.8 Å². The van der Waals surface area contributed by atoms with Crippen molar-refractivity contribution in [2.24, 2.45) is 0 Å². The Morgan fingerprint density at radius 3 is 2.91 bits per heavy atom. The molecule has 0 spiro atoms. The quantitative estimate of drug-likeness (QED) is 0.733. The smallest absolute Gasteiger partial charge is 0.224 e. The molecule has 4 heteroatoms. The van der Waals surface area contributed by atoms with Crippen LogP contribution in [0.25, 0.3) is 10.9 Å². The topological polar surface area (TPSA) is 54.1 Å². The number of carbonyl (C=O) groups is 1. The van der Waals surface area contributed by atoms with E-state index in [2.05, 4.69) is 10.3 Å². The van der Waals surface area contributed by atoms with E-state index >= 15 is 0 Å². The van der Waals surface area contributed by atoms with E-state index in [4.69, 9.17) is 4.74 Å². The Kier molecular flexibility index (Phi) is 4.62. The standard InChI is InChI=1S/C19H20N2O2/c1-2-23-16-7-5-6-14(10-16)12-21-19(22)11-15-13-20-18-9-4-3-8-17(15)18/h3-10,13,20H,2,11-12H2,1H3,(H,21,22). The Morgan fingerprint density at radius 2 is 2.04 bits per heavy atom. The van der Waals surface area contributed by atoms with Crippen LogP contribution in [-0.2, 0) is 17.8 Å². The van der Waals surface area contributed by atoms with Crippen LogP contribution in [0.1, 0.15) is 18.1 Å². The molecule has 0 aliphatic rings. The van der Waals surface area contributed by atoms with Crippen molar-refractivity contribution < 1.29 is 9.53 Å². The summed E-state index contributed by atoms with van der Waals surface area (Å²) in [5, 5.41) is 4.06.